The van der Waals surface area contributed by atoms with Crippen LogP contribution in [0.15, 0.2) is 35.5 Å². The molecule has 0 aliphatic carbocycles. The van der Waals surface area contributed by atoms with Crippen LogP contribution in [0.5, 0.6) is 0 Å². The predicted molar refractivity (Wildman–Crippen MR) is 77.5 cm³/mol. The van der Waals surface area contributed by atoms with Crippen molar-refractivity contribution in [2.24, 2.45) is 5.73 Å². The first-order valence-corrected chi connectivity index (χ1v) is 7.56. The highest BCUT2D eigenvalue weighted by Crippen LogP contribution is 2.18. The van der Waals surface area contributed by atoms with Crippen molar-refractivity contribution in [3.05, 3.63) is 46.9 Å². The molecule has 9 heteroatoms. The topological polar surface area (TPSA) is 115 Å². The van der Waals surface area contributed by atoms with E-state index in [9.17, 15) is 13.2 Å². The third kappa shape index (κ3) is 3.47. The summed E-state index contributed by atoms with van der Waals surface area (Å²) in [6.07, 6.45) is 2.40. The number of carbonyl (C=O) groups is 1. The number of anilines is 1. The molecule has 0 fully saturated rings. The van der Waals surface area contributed by atoms with Crippen LogP contribution in [0.1, 0.15) is 15.9 Å². The van der Waals surface area contributed by atoms with Crippen LogP contribution in [0.2, 0.25) is 5.15 Å². The normalized spacial score (nSPS) is 11.1. The Labute approximate surface area is 126 Å². The van der Waals surface area contributed by atoms with E-state index >= 15 is 0 Å². The molecule has 0 spiro atoms. The quantitative estimate of drug-likeness (QED) is 0.879. The van der Waals surface area contributed by atoms with Gasteiger partial charge in [-0.05, 0) is 24.6 Å². The van der Waals surface area contributed by atoms with Crippen molar-refractivity contribution in [3.8, 4) is 0 Å². The Balaban J connectivity index is 2.38. The van der Waals surface area contributed by atoms with E-state index < -0.39 is 15.9 Å². The second-order valence-electron chi connectivity index (χ2n) is 4.17. The lowest BCUT2D eigenvalue weighted by molar-refractivity contribution is 0.0999. The van der Waals surface area contributed by atoms with Crippen molar-refractivity contribution in [1.29, 1.82) is 0 Å². The summed E-state index contributed by atoms with van der Waals surface area (Å²) in [5.74, 6) is -0.684. The number of halogens is 1. The van der Waals surface area contributed by atoms with Crippen molar-refractivity contribution in [2.75, 3.05) is 4.72 Å². The van der Waals surface area contributed by atoms with Crippen molar-refractivity contribution >= 4 is 33.3 Å². The average Bonchev–Trinajstić information content (AvgIpc) is 2.41. The van der Waals surface area contributed by atoms with E-state index in [-0.39, 0.29) is 21.4 Å². The Morgan fingerprint density at radius 1 is 1.29 bits per heavy atom. The van der Waals surface area contributed by atoms with E-state index in [1.54, 1.807) is 6.92 Å². The summed E-state index contributed by atoms with van der Waals surface area (Å²) in [4.78, 5) is 18.7. The van der Waals surface area contributed by atoms with E-state index in [4.69, 9.17) is 17.3 Å². The highest BCUT2D eigenvalue weighted by atomic mass is 35.5. The highest BCUT2D eigenvalue weighted by molar-refractivity contribution is 7.92. The molecule has 1 heterocycles. The maximum Gasteiger partial charge on any atom is 0.263 e. The van der Waals surface area contributed by atoms with E-state index in [0.29, 0.717) is 5.56 Å². The van der Waals surface area contributed by atoms with Crippen LogP contribution >= 0.6 is 11.6 Å². The second-order valence-corrected chi connectivity index (χ2v) is 6.24. The van der Waals surface area contributed by atoms with Gasteiger partial charge in [0.05, 0.1) is 17.3 Å². The van der Waals surface area contributed by atoms with Gasteiger partial charge in [0.15, 0.2) is 5.82 Å². The molecule has 110 valence electrons. The number of aryl methyl sites for hydroxylation is 1. The van der Waals surface area contributed by atoms with Crippen LogP contribution in [0.3, 0.4) is 0 Å². The molecule has 0 unspecified atom stereocenters. The van der Waals surface area contributed by atoms with Gasteiger partial charge in [-0.2, -0.15) is 0 Å². The molecule has 2 rings (SSSR count). The molecular formula is C12H11ClN4O3S. The molecule has 0 aliphatic rings. The summed E-state index contributed by atoms with van der Waals surface area (Å²) >= 11 is 5.57. The molecule has 3 N–H and O–H groups in total. The number of sulfonamides is 1. The summed E-state index contributed by atoms with van der Waals surface area (Å²) in [5, 5.41) is 0.143. The fraction of sp³-hybridized carbons (Fsp3) is 0.0833. The molecule has 1 amide bonds. The minimum atomic E-state index is -3.90. The number of nitrogens with zero attached hydrogens (tertiary/aromatic N) is 2. The van der Waals surface area contributed by atoms with E-state index in [2.05, 4.69) is 14.7 Å². The highest BCUT2D eigenvalue weighted by Gasteiger charge is 2.17. The molecule has 0 aliphatic heterocycles. The summed E-state index contributed by atoms with van der Waals surface area (Å²) in [7, 11) is -3.90. The molecule has 0 radical (unpaired) electrons. The minimum absolute atomic E-state index is 0.0144. The lowest BCUT2D eigenvalue weighted by Gasteiger charge is -2.09. The van der Waals surface area contributed by atoms with Crippen molar-refractivity contribution in [3.63, 3.8) is 0 Å². The SMILES string of the molecule is Cc1ccc(S(=O)(=O)Nc2cnc(Cl)cn2)cc1C(N)=O. The molecule has 2 aromatic rings. The molecular weight excluding hydrogens is 316 g/mol. The van der Waals surface area contributed by atoms with Gasteiger partial charge in [0.2, 0.25) is 5.91 Å². The average molecular weight is 327 g/mol. The smallest absolute Gasteiger partial charge is 0.263 e. The fourth-order valence-corrected chi connectivity index (χ4v) is 2.71. The molecule has 0 bridgehead atoms. The number of nitrogens with two attached hydrogens (primary N) is 1. The Morgan fingerprint density at radius 3 is 2.57 bits per heavy atom. The van der Waals surface area contributed by atoms with E-state index in [0.717, 1.165) is 0 Å². The molecule has 7 nitrogen and oxygen atoms in total. The number of nitrogens with one attached hydrogen (secondary N) is 1. The third-order valence-electron chi connectivity index (χ3n) is 2.64. The van der Waals surface area contributed by atoms with Gasteiger partial charge >= 0.3 is 0 Å². The Bertz CT molecular complexity index is 791. The number of carbonyl (C=O) groups excluding carboxylic acids is 1. The van der Waals surface area contributed by atoms with Crippen molar-refractivity contribution < 1.29 is 13.2 Å². The molecule has 21 heavy (non-hydrogen) atoms. The van der Waals surface area contributed by atoms with Crippen LogP contribution in [0.4, 0.5) is 5.82 Å². The number of primary amides is 1. The summed E-state index contributed by atoms with van der Waals surface area (Å²) in [6, 6.07) is 4.08. The lowest BCUT2D eigenvalue weighted by atomic mass is 10.1. The third-order valence-corrected chi connectivity index (χ3v) is 4.19. The fourth-order valence-electron chi connectivity index (χ4n) is 1.60. The van der Waals surface area contributed by atoms with Gasteiger partial charge in [0.1, 0.15) is 5.15 Å². The zero-order valence-electron chi connectivity index (χ0n) is 10.9. The van der Waals surface area contributed by atoms with E-state index in [1.165, 1.54) is 30.6 Å². The van der Waals surface area contributed by atoms with Gasteiger partial charge < -0.3 is 5.73 Å². The summed E-state index contributed by atoms with van der Waals surface area (Å²) in [6.45, 7) is 1.66. The molecule has 0 atom stereocenters. The monoisotopic (exact) mass is 326 g/mol. The lowest BCUT2D eigenvalue weighted by Crippen LogP contribution is -2.17. The molecule has 1 aromatic carbocycles. The van der Waals surface area contributed by atoms with Gasteiger partial charge in [0.25, 0.3) is 10.0 Å². The van der Waals surface area contributed by atoms with Gasteiger partial charge in [-0.15, -0.1) is 0 Å². The Morgan fingerprint density at radius 2 is 2.00 bits per heavy atom. The number of aromatic nitrogens is 2. The number of benzene rings is 1. The van der Waals surface area contributed by atoms with Crippen LogP contribution in [-0.4, -0.2) is 24.3 Å². The summed E-state index contributed by atoms with van der Waals surface area (Å²) in [5.41, 5.74) is 5.93. The van der Waals surface area contributed by atoms with Gasteiger partial charge in [-0.25, -0.2) is 18.4 Å². The number of rotatable bonds is 4. The number of amides is 1. The number of hydrogen-bond donors (Lipinski definition) is 2. The first-order chi connectivity index (χ1) is 9.79. The standard InChI is InChI=1S/C12H11ClN4O3S/c1-7-2-3-8(4-9(7)12(14)18)21(19,20)17-11-6-15-10(13)5-16-11/h2-6H,1H3,(H2,14,18)(H,16,17). The minimum Gasteiger partial charge on any atom is -0.366 e. The van der Waals surface area contributed by atoms with Crippen LogP contribution < -0.4 is 10.5 Å². The summed E-state index contributed by atoms with van der Waals surface area (Å²) < 4.78 is 26.7. The predicted octanol–water partition coefficient (Wildman–Crippen LogP) is 1.34. The molecule has 1 aromatic heterocycles. The maximum absolute atomic E-state index is 12.2. The van der Waals surface area contributed by atoms with Crippen LogP contribution in [0.25, 0.3) is 0 Å². The molecule has 0 saturated heterocycles. The van der Waals surface area contributed by atoms with Crippen LogP contribution in [-0.2, 0) is 10.0 Å². The second kappa shape index (κ2) is 5.66. The van der Waals surface area contributed by atoms with Crippen LogP contribution in [0, 0.1) is 6.92 Å². The Kier molecular flexibility index (Phi) is 4.10. The van der Waals surface area contributed by atoms with Crippen molar-refractivity contribution in [2.45, 2.75) is 11.8 Å². The van der Waals surface area contributed by atoms with Gasteiger partial charge in [0, 0.05) is 5.56 Å². The van der Waals surface area contributed by atoms with Gasteiger partial charge in [-0.3, -0.25) is 9.52 Å². The first-order valence-electron chi connectivity index (χ1n) is 5.70. The first kappa shape index (κ1) is 15.2. The zero-order chi connectivity index (χ0) is 15.6. The van der Waals surface area contributed by atoms with E-state index in [1.807, 2.05) is 0 Å². The molecule has 0 saturated carbocycles. The largest absolute Gasteiger partial charge is 0.366 e. The Hall–Kier alpha value is -2.19. The van der Waals surface area contributed by atoms with Gasteiger partial charge in [-0.1, -0.05) is 17.7 Å². The van der Waals surface area contributed by atoms with Crippen molar-refractivity contribution in [1.82, 2.24) is 9.97 Å². The number of hydrogen-bond acceptors (Lipinski definition) is 5. The zero-order valence-corrected chi connectivity index (χ0v) is 12.4. The maximum atomic E-state index is 12.2.